The number of anilines is 2. The number of rotatable bonds is 1. The minimum Gasteiger partial charge on any atom is -0.383 e. The predicted octanol–water partition coefficient (Wildman–Crippen LogP) is 3.60. The zero-order chi connectivity index (χ0) is 14.8. The van der Waals surface area contributed by atoms with E-state index < -0.39 is 0 Å². The number of hydrogen-bond acceptors (Lipinski definition) is 2. The molecule has 108 valence electrons. The van der Waals surface area contributed by atoms with Gasteiger partial charge >= 0.3 is 0 Å². The van der Waals surface area contributed by atoms with Crippen molar-refractivity contribution in [2.45, 2.75) is 13.3 Å². The molecule has 1 aliphatic heterocycles. The van der Waals surface area contributed by atoms with Gasteiger partial charge in [0.2, 0.25) is 0 Å². The number of amides is 1. The number of hydrogen-bond donors (Lipinski definition) is 1. The Kier molecular flexibility index (Phi) is 3.60. The number of halogens is 1. The third kappa shape index (κ3) is 2.61. The molecule has 1 N–H and O–H groups in total. The van der Waals surface area contributed by atoms with Crippen molar-refractivity contribution in [1.82, 2.24) is 0 Å². The van der Waals surface area contributed by atoms with Gasteiger partial charge in [0.25, 0.3) is 5.91 Å². The highest BCUT2D eigenvalue weighted by Crippen LogP contribution is 2.29. The fourth-order valence-corrected chi connectivity index (χ4v) is 2.58. The van der Waals surface area contributed by atoms with E-state index in [1.165, 1.54) is 6.07 Å². The molecule has 0 radical (unpaired) electrons. The second-order valence-electron chi connectivity index (χ2n) is 5.22. The third-order valence-corrected chi connectivity index (χ3v) is 3.72. The summed E-state index contributed by atoms with van der Waals surface area (Å²) < 4.78 is 13.4. The molecule has 3 rings (SSSR count). The lowest BCUT2D eigenvalue weighted by atomic mass is 10.1. The second-order valence-corrected chi connectivity index (χ2v) is 5.22. The molecule has 21 heavy (non-hydrogen) atoms. The summed E-state index contributed by atoms with van der Waals surface area (Å²) in [5.41, 5.74) is 2.84. The lowest BCUT2D eigenvalue weighted by Gasteiger charge is -2.22. The molecule has 1 aliphatic rings. The first kappa shape index (κ1) is 13.6. The van der Waals surface area contributed by atoms with Gasteiger partial charge in [-0.05, 0) is 49.2 Å². The van der Waals surface area contributed by atoms with E-state index in [-0.39, 0.29) is 11.7 Å². The van der Waals surface area contributed by atoms with Gasteiger partial charge in [0.15, 0.2) is 0 Å². The molecule has 2 aromatic rings. The van der Waals surface area contributed by atoms with Gasteiger partial charge in [-0.2, -0.15) is 0 Å². The second kappa shape index (κ2) is 5.56. The van der Waals surface area contributed by atoms with Crippen LogP contribution in [-0.4, -0.2) is 19.0 Å². The topological polar surface area (TPSA) is 32.3 Å². The molecular weight excluding hydrogens is 267 g/mol. The van der Waals surface area contributed by atoms with Crippen molar-refractivity contribution >= 4 is 17.3 Å². The number of benzene rings is 2. The highest BCUT2D eigenvalue weighted by molar-refractivity contribution is 6.08. The first-order chi connectivity index (χ1) is 10.2. The van der Waals surface area contributed by atoms with Crippen molar-refractivity contribution in [3.05, 3.63) is 59.4 Å². The van der Waals surface area contributed by atoms with Gasteiger partial charge in [-0.15, -0.1) is 0 Å². The summed E-state index contributed by atoms with van der Waals surface area (Å²) in [4.78, 5) is 14.5. The lowest BCUT2D eigenvalue weighted by molar-refractivity contribution is 0.0987. The van der Waals surface area contributed by atoms with Crippen LogP contribution in [0.3, 0.4) is 0 Å². The molecule has 0 spiro atoms. The zero-order valence-corrected chi connectivity index (χ0v) is 11.9. The van der Waals surface area contributed by atoms with Crippen LogP contribution in [0, 0.1) is 12.7 Å². The number of para-hydroxylation sites is 2. The van der Waals surface area contributed by atoms with Gasteiger partial charge < -0.3 is 10.2 Å². The highest BCUT2D eigenvalue weighted by Gasteiger charge is 2.22. The predicted molar refractivity (Wildman–Crippen MR) is 82.4 cm³/mol. The van der Waals surface area contributed by atoms with E-state index >= 15 is 0 Å². The molecule has 0 aromatic heterocycles. The van der Waals surface area contributed by atoms with Crippen LogP contribution in [0.1, 0.15) is 22.3 Å². The highest BCUT2D eigenvalue weighted by atomic mass is 19.1. The molecule has 2 aromatic carbocycles. The van der Waals surface area contributed by atoms with Crippen LogP contribution in [0.5, 0.6) is 0 Å². The van der Waals surface area contributed by atoms with Crippen molar-refractivity contribution in [3.8, 4) is 0 Å². The molecule has 3 nitrogen and oxygen atoms in total. The van der Waals surface area contributed by atoms with Crippen LogP contribution >= 0.6 is 0 Å². The Balaban J connectivity index is 1.99. The molecule has 1 heterocycles. The van der Waals surface area contributed by atoms with Crippen molar-refractivity contribution < 1.29 is 9.18 Å². The van der Waals surface area contributed by atoms with Crippen LogP contribution in [0.25, 0.3) is 0 Å². The summed E-state index contributed by atoms with van der Waals surface area (Å²) in [6.45, 7) is 3.16. The molecule has 0 aliphatic carbocycles. The molecule has 1 amide bonds. The van der Waals surface area contributed by atoms with Crippen LogP contribution in [-0.2, 0) is 0 Å². The van der Waals surface area contributed by atoms with E-state index in [4.69, 9.17) is 0 Å². The number of carbonyl (C=O) groups excluding carboxylic acids is 1. The smallest absolute Gasteiger partial charge is 0.258 e. The minimum absolute atomic E-state index is 0.0887. The Morgan fingerprint density at radius 2 is 2.05 bits per heavy atom. The Hall–Kier alpha value is -2.36. The molecule has 0 atom stereocenters. The Labute approximate surface area is 123 Å². The van der Waals surface area contributed by atoms with Crippen molar-refractivity contribution in [1.29, 1.82) is 0 Å². The molecule has 0 unspecified atom stereocenters. The minimum atomic E-state index is -0.288. The van der Waals surface area contributed by atoms with Crippen molar-refractivity contribution in [3.63, 3.8) is 0 Å². The summed E-state index contributed by atoms with van der Waals surface area (Å²) in [5.74, 6) is -0.376. The fourth-order valence-electron chi connectivity index (χ4n) is 2.58. The standard InChI is InChI=1S/C17H17FN2O/c1-12-11-13(7-8-14(12)18)17(21)20-10-4-9-19-15-5-2-3-6-16(15)20/h2-3,5-8,11,19H,4,9-10H2,1H3. The van der Waals surface area contributed by atoms with E-state index in [9.17, 15) is 9.18 Å². The van der Waals surface area contributed by atoms with Gasteiger partial charge in [-0.3, -0.25) is 4.79 Å². The quantitative estimate of drug-likeness (QED) is 0.868. The largest absolute Gasteiger partial charge is 0.383 e. The van der Waals surface area contributed by atoms with E-state index in [0.717, 1.165) is 24.3 Å². The van der Waals surface area contributed by atoms with Crippen LogP contribution in [0.15, 0.2) is 42.5 Å². The molecular formula is C17H17FN2O. The maximum Gasteiger partial charge on any atom is 0.258 e. The van der Waals surface area contributed by atoms with Gasteiger partial charge in [0, 0.05) is 18.7 Å². The van der Waals surface area contributed by atoms with Crippen molar-refractivity contribution in [2.75, 3.05) is 23.3 Å². The van der Waals surface area contributed by atoms with Gasteiger partial charge in [0.05, 0.1) is 11.4 Å². The number of nitrogens with one attached hydrogen (secondary N) is 1. The monoisotopic (exact) mass is 284 g/mol. The van der Waals surface area contributed by atoms with Gasteiger partial charge in [-0.1, -0.05) is 12.1 Å². The van der Waals surface area contributed by atoms with Crippen LogP contribution in [0.4, 0.5) is 15.8 Å². The Morgan fingerprint density at radius 3 is 2.86 bits per heavy atom. The summed E-state index contributed by atoms with van der Waals surface area (Å²) in [5, 5.41) is 3.33. The number of fused-ring (bicyclic) bond motifs is 1. The van der Waals surface area contributed by atoms with E-state index in [1.807, 2.05) is 24.3 Å². The van der Waals surface area contributed by atoms with E-state index in [2.05, 4.69) is 5.32 Å². The summed E-state index contributed by atoms with van der Waals surface area (Å²) in [7, 11) is 0. The summed E-state index contributed by atoms with van der Waals surface area (Å²) in [6, 6.07) is 12.3. The number of aryl methyl sites for hydroxylation is 1. The molecule has 0 saturated heterocycles. The van der Waals surface area contributed by atoms with Crippen molar-refractivity contribution in [2.24, 2.45) is 0 Å². The van der Waals surface area contributed by atoms with E-state index in [0.29, 0.717) is 17.7 Å². The average molecular weight is 284 g/mol. The SMILES string of the molecule is Cc1cc(C(=O)N2CCCNc3ccccc32)ccc1F. The maximum atomic E-state index is 13.4. The number of nitrogens with zero attached hydrogens (tertiary/aromatic N) is 1. The van der Waals surface area contributed by atoms with Gasteiger partial charge in [0.1, 0.15) is 5.82 Å². The fraction of sp³-hybridized carbons (Fsp3) is 0.235. The molecule has 0 fully saturated rings. The molecule has 0 saturated carbocycles. The van der Waals surface area contributed by atoms with E-state index in [1.54, 1.807) is 24.0 Å². The first-order valence-electron chi connectivity index (χ1n) is 7.08. The first-order valence-corrected chi connectivity index (χ1v) is 7.08. The Bertz CT molecular complexity index is 684. The van der Waals surface area contributed by atoms with Crippen LogP contribution in [0.2, 0.25) is 0 Å². The third-order valence-electron chi connectivity index (χ3n) is 3.72. The molecule has 4 heteroatoms. The lowest BCUT2D eigenvalue weighted by Crippen LogP contribution is -2.31. The molecule has 0 bridgehead atoms. The zero-order valence-electron chi connectivity index (χ0n) is 11.9. The van der Waals surface area contributed by atoms with Crippen LogP contribution < -0.4 is 10.2 Å². The maximum absolute atomic E-state index is 13.4. The number of carbonyl (C=O) groups is 1. The normalized spacial score (nSPS) is 14.1. The Morgan fingerprint density at radius 1 is 1.24 bits per heavy atom. The van der Waals surface area contributed by atoms with Gasteiger partial charge in [-0.25, -0.2) is 4.39 Å². The summed E-state index contributed by atoms with van der Waals surface area (Å²) in [6.07, 6.45) is 0.876. The average Bonchev–Trinajstić information content (AvgIpc) is 2.71. The summed E-state index contributed by atoms with van der Waals surface area (Å²) >= 11 is 0.